The Labute approximate surface area is 174 Å². The molecule has 0 saturated heterocycles. The summed E-state index contributed by atoms with van der Waals surface area (Å²) >= 11 is 0. The molecule has 0 aromatic heterocycles. The molecule has 1 atom stereocenters. The molecule has 0 fully saturated rings. The van der Waals surface area contributed by atoms with Crippen molar-refractivity contribution in [2.45, 2.75) is 56.9 Å². The molecule has 6 heteroatoms. The summed E-state index contributed by atoms with van der Waals surface area (Å²) < 4.78 is 28.1. The number of aryl methyl sites for hydroxylation is 1. The number of hydrogen-bond acceptors (Lipinski definition) is 4. The zero-order valence-electron chi connectivity index (χ0n) is 17.2. The van der Waals surface area contributed by atoms with Crippen LogP contribution in [0.3, 0.4) is 0 Å². The van der Waals surface area contributed by atoms with Crippen LogP contribution in [0, 0.1) is 11.3 Å². The molecule has 1 aliphatic carbocycles. The third kappa shape index (κ3) is 5.17. The fraction of sp³-hybridized carbons (Fsp3) is 0.435. The summed E-state index contributed by atoms with van der Waals surface area (Å²) in [4.78, 5) is 2.74. The number of rotatable bonds is 8. The fourth-order valence-corrected chi connectivity index (χ4v) is 5.14. The van der Waals surface area contributed by atoms with E-state index in [1.54, 1.807) is 0 Å². The van der Waals surface area contributed by atoms with E-state index < -0.39 is 10.0 Å². The van der Waals surface area contributed by atoms with Crippen LogP contribution in [0.2, 0.25) is 0 Å². The predicted molar refractivity (Wildman–Crippen MR) is 116 cm³/mol. The van der Waals surface area contributed by atoms with Crippen molar-refractivity contribution in [2.24, 2.45) is 0 Å². The van der Waals surface area contributed by atoms with E-state index >= 15 is 0 Å². The number of fused-ring (bicyclic) bond motifs is 1. The van der Waals surface area contributed by atoms with Crippen molar-refractivity contribution < 1.29 is 8.42 Å². The lowest BCUT2D eigenvalue weighted by molar-refractivity contribution is 0.180. The standard InChI is InChI=1S/C23H29N3O2S/c1-3-13-26(14-4-2)22-10-8-19-7-9-21(15-20(19)16-22)25-29(27,28)23-11-5-18(17-24)6-12-23/h5-7,9,11-12,15,22,25H,3-4,8,10,13-14,16H2,1-2H3. The minimum atomic E-state index is -3.68. The van der Waals surface area contributed by atoms with Gasteiger partial charge in [0.2, 0.25) is 0 Å². The number of nitrogens with one attached hydrogen (secondary N) is 1. The highest BCUT2D eigenvalue weighted by Gasteiger charge is 2.24. The SMILES string of the molecule is CCCN(CCC)C1CCc2ccc(NS(=O)(=O)c3ccc(C#N)cc3)cc2C1. The van der Waals surface area contributed by atoms with Crippen LogP contribution in [0.1, 0.15) is 49.8 Å². The maximum atomic E-state index is 12.7. The third-order valence-electron chi connectivity index (χ3n) is 5.49. The van der Waals surface area contributed by atoms with Crippen LogP contribution < -0.4 is 4.72 Å². The van der Waals surface area contributed by atoms with Crippen LogP contribution in [0.5, 0.6) is 0 Å². The summed E-state index contributed by atoms with van der Waals surface area (Å²) in [6, 6.07) is 14.4. The normalized spacial score (nSPS) is 16.3. The third-order valence-corrected chi connectivity index (χ3v) is 6.89. The maximum Gasteiger partial charge on any atom is 0.261 e. The number of sulfonamides is 1. The zero-order chi connectivity index (χ0) is 20.9. The molecule has 29 heavy (non-hydrogen) atoms. The average Bonchev–Trinajstić information content (AvgIpc) is 2.73. The number of hydrogen-bond donors (Lipinski definition) is 1. The Hall–Kier alpha value is -2.36. The summed E-state index contributed by atoms with van der Waals surface area (Å²) in [7, 11) is -3.68. The van der Waals surface area contributed by atoms with Crippen LogP contribution in [0.4, 0.5) is 5.69 Å². The smallest absolute Gasteiger partial charge is 0.261 e. The maximum absolute atomic E-state index is 12.7. The Morgan fingerprint density at radius 3 is 2.38 bits per heavy atom. The van der Waals surface area contributed by atoms with Crippen molar-refractivity contribution in [3.05, 3.63) is 59.2 Å². The fourth-order valence-electron chi connectivity index (χ4n) is 4.09. The van der Waals surface area contributed by atoms with Crippen LogP contribution in [-0.2, 0) is 22.9 Å². The van der Waals surface area contributed by atoms with Gasteiger partial charge in [0.05, 0.1) is 16.5 Å². The monoisotopic (exact) mass is 411 g/mol. The van der Waals surface area contributed by atoms with Crippen LogP contribution in [0.25, 0.3) is 0 Å². The summed E-state index contributed by atoms with van der Waals surface area (Å²) in [6.07, 6.45) is 5.44. The predicted octanol–water partition coefficient (Wildman–Crippen LogP) is 4.34. The first kappa shape index (κ1) is 21.4. The molecule has 1 unspecified atom stereocenters. The molecule has 5 nitrogen and oxygen atoms in total. The van der Waals surface area contributed by atoms with E-state index in [9.17, 15) is 8.42 Å². The quantitative estimate of drug-likeness (QED) is 0.701. The first-order valence-electron chi connectivity index (χ1n) is 10.4. The van der Waals surface area contributed by atoms with Crippen molar-refractivity contribution in [3.8, 4) is 6.07 Å². The number of benzene rings is 2. The van der Waals surface area contributed by atoms with Gasteiger partial charge in [0.25, 0.3) is 10.0 Å². The Balaban J connectivity index is 1.78. The van der Waals surface area contributed by atoms with Gasteiger partial charge in [-0.2, -0.15) is 5.26 Å². The van der Waals surface area contributed by atoms with Gasteiger partial charge in [-0.25, -0.2) is 8.42 Å². The number of nitriles is 1. The first-order valence-corrected chi connectivity index (χ1v) is 11.8. The van der Waals surface area contributed by atoms with Crippen molar-refractivity contribution in [2.75, 3.05) is 17.8 Å². The molecule has 3 rings (SSSR count). The average molecular weight is 412 g/mol. The molecule has 2 aromatic carbocycles. The van der Waals surface area contributed by atoms with Crippen LogP contribution in [-0.4, -0.2) is 32.4 Å². The molecule has 2 aromatic rings. The van der Waals surface area contributed by atoms with Gasteiger partial charge < -0.3 is 4.90 Å². The van der Waals surface area contributed by atoms with Gasteiger partial charge in [0.15, 0.2) is 0 Å². The van der Waals surface area contributed by atoms with Crippen LogP contribution in [0.15, 0.2) is 47.4 Å². The Kier molecular flexibility index (Phi) is 6.94. The summed E-state index contributed by atoms with van der Waals surface area (Å²) in [5, 5.41) is 8.89. The first-order chi connectivity index (χ1) is 14.0. The molecular weight excluding hydrogens is 382 g/mol. The van der Waals surface area contributed by atoms with Crippen molar-refractivity contribution in [1.82, 2.24) is 4.90 Å². The molecule has 1 aliphatic rings. The van der Waals surface area contributed by atoms with Gasteiger partial charge in [-0.15, -0.1) is 0 Å². The molecule has 0 saturated carbocycles. The zero-order valence-corrected chi connectivity index (χ0v) is 18.0. The Bertz CT molecular complexity index is 972. The summed E-state index contributed by atoms with van der Waals surface area (Å²) in [5.74, 6) is 0. The Morgan fingerprint density at radius 1 is 1.07 bits per heavy atom. The minimum absolute atomic E-state index is 0.157. The van der Waals surface area contributed by atoms with E-state index in [0.29, 0.717) is 17.3 Å². The lowest BCUT2D eigenvalue weighted by Crippen LogP contribution is -2.40. The van der Waals surface area contributed by atoms with E-state index in [-0.39, 0.29) is 4.90 Å². The highest BCUT2D eigenvalue weighted by atomic mass is 32.2. The molecule has 0 radical (unpaired) electrons. The highest BCUT2D eigenvalue weighted by Crippen LogP contribution is 2.28. The van der Waals surface area contributed by atoms with Gasteiger partial charge in [-0.05, 0) is 92.7 Å². The largest absolute Gasteiger partial charge is 0.300 e. The van der Waals surface area contributed by atoms with Gasteiger partial charge in [-0.1, -0.05) is 19.9 Å². The molecule has 0 spiro atoms. The van der Waals surface area contributed by atoms with Crippen molar-refractivity contribution in [3.63, 3.8) is 0 Å². The van der Waals surface area contributed by atoms with Crippen LogP contribution >= 0.6 is 0 Å². The lowest BCUT2D eigenvalue weighted by atomic mass is 9.87. The lowest BCUT2D eigenvalue weighted by Gasteiger charge is -2.35. The molecule has 154 valence electrons. The second-order valence-corrected chi connectivity index (χ2v) is 9.34. The summed E-state index contributed by atoms with van der Waals surface area (Å²) in [5.41, 5.74) is 3.58. The van der Waals surface area contributed by atoms with Gasteiger partial charge in [0, 0.05) is 11.7 Å². The minimum Gasteiger partial charge on any atom is -0.300 e. The summed E-state index contributed by atoms with van der Waals surface area (Å²) in [6.45, 7) is 6.66. The molecule has 0 amide bonds. The molecular formula is C23H29N3O2S. The van der Waals surface area contributed by atoms with E-state index in [2.05, 4.69) is 23.5 Å². The number of nitrogens with zero attached hydrogens (tertiary/aromatic N) is 2. The van der Waals surface area contributed by atoms with Crippen molar-refractivity contribution in [1.29, 1.82) is 5.26 Å². The molecule has 0 bridgehead atoms. The van der Waals surface area contributed by atoms with Gasteiger partial charge >= 0.3 is 0 Å². The van der Waals surface area contributed by atoms with E-state index in [1.807, 2.05) is 24.3 Å². The van der Waals surface area contributed by atoms with Gasteiger partial charge in [0.1, 0.15) is 0 Å². The second kappa shape index (κ2) is 9.43. The molecule has 1 N–H and O–H groups in total. The topological polar surface area (TPSA) is 73.2 Å². The highest BCUT2D eigenvalue weighted by molar-refractivity contribution is 7.92. The van der Waals surface area contributed by atoms with E-state index in [4.69, 9.17) is 5.26 Å². The molecule has 0 aliphatic heterocycles. The van der Waals surface area contributed by atoms with Crippen molar-refractivity contribution >= 4 is 15.7 Å². The molecule has 0 heterocycles. The van der Waals surface area contributed by atoms with E-state index in [1.165, 1.54) is 35.4 Å². The second-order valence-electron chi connectivity index (χ2n) is 7.66. The number of anilines is 1. The van der Waals surface area contributed by atoms with Gasteiger partial charge in [-0.3, -0.25) is 4.72 Å². The van der Waals surface area contributed by atoms with E-state index in [0.717, 1.165) is 45.2 Å². The Morgan fingerprint density at radius 2 is 1.76 bits per heavy atom.